The minimum absolute atomic E-state index is 0.475. The number of likely N-dealkylation sites (N-methyl/N-ethyl adjacent to an activating group) is 1. The molecule has 4 heteroatoms. The number of fused-ring (bicyclic) bond motifs is 1. The van der Waals surface area contributed by atoms with E-state index in [0.717, 1.165) is 24.5 Å². The third-order valence-electron chi connectivity index (χ3n) is 3.56. The molecule has 1 aliphatic rings. The van der Waals surface area contributed by atoms with Gasteiger partial charge in [-0.25, -0.2) is 0 Å². The second-order valence-electron chi connectivity index (χ2n) is 4.77. The van der Waals surface area contributed by atoms with Gasteiger partial charge in [-0.15, -0.1) is 0 Å². The van der Waals surface area contributed by atoms with Crippen LogP contribution >= 0.6 is 0 Å². The molecule has 0 radical (unpaired) electrons. The van der Waals surface area contributed by atoms with Gasteiger partial charge in [-0.05, 0) is 24.3 Å². The molecule has 0 unspecified atom stereocenters. The highest BCUT2D eigenvalue weighted by Crippen LogP contribution is 2.36. The molecule has 1 aromatic heterocycles. The zero-order chi connectivity index (χ0) is 13.2. The molecule has 1 aromatic carbocycles. The Morgan fingerprint density at radius 3 is 2.74 bits per heavy atom. The molecule has 1 aliphatic heterocycles. The molecule has 0 atom stereocenters. The number of hydrogen-bond donors (Lipinski definition) is 1. The van der Waals surface area contributed by atoms with Gasteiger partial charge in [0.05, 0.1) is 17.1 Å². The highest BCUT2D eigenvalue weighted by atomic mass is 15.3. The van der Waals surface area contributed by atoms with Gasteiger partial charge in [0.2, 0.25) is 0 Å². The van der Waals surface area contributed by atoms with E-state index in [1.807, 2.05) is 12.3 Å². The second-order valence-corrected chi connectivity index (χ2v) is 4.77. The first-order chi connectivity index (χ1) is 9.29. The Balaban J connectivity index is 2.04. The number of aromatic nitrogens is 1. The molecule has 3 rings (SSSR count). The molecule has 0 fully saturated rings. The van der Waals surface area contributed by atoms with Crippen LogP contribution in [0.15, 0.2) is 42.6 Å². The summed E-state index contributed by atoms with van der Waals surface area (Å²) in [6.07, 6.45) is 1.83. The van der Waals surface area contributed by atoms with Crippen LogP contribution in [0.3, 0.4) is 0 Å². The van der Waals surface area contributed by atoms with Crippen molar-refractivity contribution in [2.75, 3.05) is 29.9 Å². The van der Waals surface area contributed by atoms with E-state index in [1.54, 1.807) is 0 Å². The summed E-state index contributed by atoms with van der Waals surface area (Å²) in [7, 11) is 2.13. The van der Waals surface area contributed by atoms with Crippen molar-refractivity contribution < 1.29 is 0 Å². The Hall–Kier alpha value is -2.07. The summed E-state index contributed by atoms with van der Waals surface area (Å²) in [5.74, 6) is 0. The average molecular weight is 254 g/mol. The van der Waals surface area contributed by atoms with Gasteiger partial charge in [0.25, 0.3) is 0 Å². The average Bonchev–Trinajstić information content (AvgIpc) is 2.48. The van der Waals surface area contributed by atoms with E-state index in [9.17, 15) is 0 Å². The first kappa shape index (κ1) is 12.0. The minimum atomic E-state index is 0.475. The monoisotopic (exact) mass is 254 g/mol. The third kappa shape index (κ3) is 2.15. The van der Waals surface area contributed by atoms with E-state index in [-0.39, 0.29) is 0 Å². The molecule has 19 heavy (non-hydrogen) atoms. The van der Waals surface area contributed by atoms with Gasteiger partial charge in [0.15, 0.2) is 0 Å². The summed E-state index contributed by atoms with van der Waals surface area (Å²) < 4.78 is 0. The summed E-state index contributed by atoms with van der Waals surface area (Å²) in [5.41, 5.74) is 10.3. The molecule has 2 heterocycles. The zero-order valence-corrected chi connectivity index (χ0v) is 11.1. The lowest BCUT2D eigenvalue weighted by Gasteiger charge is -2.37. The highest BCUT2D eigenvalue weighted by molar-refractivity contribution is 5.79. The van der Waals surface area contributed by atoms with Crippen molar-refractivity contribution in [1.82, 2.24) is 4.98 Å². The molecule has 4 nitrogen and oxygen atoms in total. The number of anilines is 3. The van der Waals surface area contributed by atoms with Gasteiger partial charge in [-0.3, -0.25) is 4.98 Å². The molecule has 0 amide bonds. The number of hydrogen-bond acceptors (Lipinski definition) is 4. The molecule has 0 spiro atoms. The fraction of sp³-hybridized carbons (Fsp3) is 0.267. The predicted molar refractivity (Wildman–Crippen MR) is 78.8 cm³/mol. The Morgan fingerprint density at radius 1 is 1.16 bits per heavy atom. The topological polar surface area (TPSA) is 45.4 Å². The van der Waals surface area contributed by atoms with Crippen LogP contribution in [-0.2, 0) is 6.54 Å². The van der Waals surface area contributed by atoms with Gasteiger partial charge in [0, 0.05) is 38.6 Å². The highest BCUT2D eigenvalue weighted by Gasteiger charge is 2.20. The van der Waals surface area contributed by atoms with Gasteiger partial charge >= 0.3 is 0 Å². The fourth-order valence-electron chi connectivity index (χ4n) is 2.52. The Kier molecular flexibility index (Phi) is 3.09. The second kappa shape index (κ2) is 4.90. The van der Waals surface area contributed by atoms with Gasteiger partial charge < -0.3 is 15.5 Å². The normalized spacial score (nSPS) is 14.4. The smallest absolute Gasteiger partial charge is 0.0649 e. The summed E-state index contributed by atoms with van der Waals surface area (Å²) in [6.45, 7) is 2.46. The maximum atomic E-state index is 5.68. The van der Waals surface area contributed by atoms with Crippen LogP contribution in [0.1, 0.15) is 5.69 Å². The molecule has 98 valence electrons. The van der Waals surface area contributed by atoms with Crippen LogP contribution in [0.25, 0.3) is 0 Å². The van der Waals surface area contributed by atoms with Crippen LogP contribution < -0.4 is 15.5 Å². The zero-order valence-electron chi connectivity index (χ0n) is 11.1. The van der Waals surface area contributed by atoms with E-state index in [2.05, 4.69) is 52.2 Å². The van der Waals surface area contributed by atoms with Crippen LogP contribution in [0.5, 0.6) is 0 Å². The maximum Gasteiger partial charge on any atom is 0.0649 e. The number of pyridine rings is 1. The molecular formula is C15H18N4. The summed E-state index contributed by atoms with van der Waals surface area (Å²) >= 11 is 0. The number of para-hydroxylation sites is 2. The lowest BCUT2D eigenvalue weighted by Crippen LogP contribution is -2.36. The van der Waals surface area contributed by atoms with Crippen molar-refractivity contribution in [3.63, 3.8) is 0 Å². The predicted octanol–water partition coefficient (Wildman–Crippen LogP) is 2.13. The number of benzene rings is 1. The minimum Gasteiger partial charge on any atom is -0.371 e. The summed E-state index contributed by atoms with van der Waals surface area (Å²) in [6, 6.07) is 12.6. The van der Waals surface area contributed by atoms with Crippen LogP contribution in [-0.4, -0.2) is 25.1 Å². The quantitative estimate of drug-likeness (QED) is 0.891. The Morgan fingerprint density at radius 2 is 1.95 bits per heavy atom. The number of rotatable bonds is 2. The van der Waals surface area contributed by atoms with Crippen molar-refractivity contribution in [1.29, 1.82) is 0 Å². The van der Waals surface area contributed by atoms with Crippen molar-refractivity contribution in [2.45, 2.75) is 6.54 Å². The molecule has 2 aromatic rings. The lowest BCUT2D eigenvalue weighted by molar-refractivity contribution is 0.820. The van der Waals surface area contributed by atoms with Gasteiger partial charge in [-0.1, -0.05) is 12.1 Å². The third-order valence-corrected chi connectivity index (χ3v) is 3.56. The lowest BCUT2D eigenvalue weighted by atomic mass is 10.1. The van der Waals surface area contributed by atoms with Crippen molar-refractivity contribution in [3.8, 4) is 0 Å². The molecule has 0 saturated heterocycles. The van der Waals surface area contributed by atoms with Gasteiger partial charge in [-0.2, -0.15) is 0 Å². The fourth-order valence-corrected chi connectivity index (χ4v) is 2.52. The van der Waals surface area contributed by atoms with Gasteiger partial charge in [0.1, 0.15) is 0 Å². The largest absolute Gasteiger partial charge is 0.371 e. The summed E-state index contributed by atoms with van der Waals surface area (Å²) in [4.78, 5) is 8.88. The molecule has 0 bridgehead atoms. The molecular weight excluding hydrogens is 236 g/mol. The first-order valence-electron chi connectivity index (χ1n) is 6.52. The molecule has 0 aliphatic carbocycles. The molecule has 0 saturated carbocycles. The van der Waals surface area contributed by atoms with E-state index < -0.39 is 0 Å². The number of nitrogens with two attached hydrogens (primary N) is 1. The van der Waals surface area contributed by atoms with Crippen molar-refractivity contribution in [3.05, 3.63) is 48.3 Å². The van der Waals surface area contributed by atoms with E-state index in [1.165, 1.54) is 11.4 Å². The Labute approximate surface area is 113 Å². The SMILES string of the molecule is CN1CCN(c2ccnc(CN)c2)c2ccccc21. The van der Waals surface area contributed by atoms with E-state index in [4.69, 9.17) is 5.73 Å². The van der Waals surface area contributed by atoms with Crippen LogP contribution in [0.4, 0.5) is 17.1 Å². The van der Waals surface area contributed by atoms with E-state index in [0.29, 0.717) is 6.54 Å². The van der Waals surface area contributed by atoms with Crippen molar-refractivity contribution in [2.24, 2.45) is 5.73 Å². The first-order valence-corrected chi connectivity index (χ1v) is 6.52. The van der Waals surface area contributed by atoms with E-state index >= 15 is 0 Å². The molecule has 2 N–H and O–H groups in total. The standard InChI is InChI=1S/C15H18N4/c1-18-8-9-19(15-5-3-2-4-14(15)18)13-6-7-17-12(10-13)11-16/h2-7,10H,8-9,11,16H2,1H3. The number of nitrogens with zero attached hydrogens (tertiary/aromatic N) is 3. The maximum absolute atomic E-state index is 5.68. The Bertz CT molecular complexity index is 582. The summed E-state index contributed by atoms with van der Waals surface area (Å²) in [5, 5.41) is 0. The van der Waals surface area contributed by atoms with Crippen LogP contribution in [0, 0.1) is 0 Å². The van der Waals surface area contributed by atoms with Crippen molar-refractivity contribution >= 4 is 17.1 Å². The van der Waals surface area contributed by atoms with Crippen LogP contribution in [0.2, 0.25) is 0 Å².